The molecule has 100 valence electrons. The van der Waals surface area contributed by atoms with E-state index in [-0.39, 0.29) is 0 Å². The molecule has 3 aromatic rings. The van der Waals surface area contributed by atoms with Crippen LogP contribution in [0.5, 0.6) is 0 Å². The number of nitrogens with zero attached hydrogens (tertiary/aromatic N) is 3. The van der Waals surface area contributed by atoms with E-state index in [0.29, 0.717) is 5.69 Å². The van der Waals surface area contributed by atoms with Crippen molar-refractivity contribution < 1.29 is 0 Å². The first-order valence-corrected chi connectivity index (χ1v) is 6.69. The molecule has 0 radical (unpaired) electrons. The van der Waals surface area contributed by atoms with Crippen LogP contribution in [0.4, 0.5) is 5.69 Å². The largest absolute Gasteiger partial charge is 0.0622 e. The zero-order chi connectivity index (χ0) is 14.5. The minimum atomic E-state index is 0.664. The Morgan fingerprint density at radius 2 is 1.10 bits per heavy atom. The summed E-state index contributed by atoms with van der Waals surface area (Å²) in [4.78, 5) is 3.00. The summed E-state index contributed by atoms with van der Waals surface area (Å²) in [5, 5.41) is 3.94. The molecule has 21 heavy (non-hydrogen) atoms. The van der Waals surface area contributed by atoms with Gasteiger partial charge in [-0.25, -0.2) is 0 Å². The Hall–Kier alpha value is -3.03. The molecule has 0 saturated carbocycles. The lowest BCUT2D eigenvalue weighted by atomic mass is 9.96. The number of hydrogen-bond acceptors (Lipinski definition) is 1. The molecule has 3 nitrogen and oxygen atoms in total. The summed E-state index contributed by atoms with van der Waals surface area (Å²) in [7, 11) is 0. The molecule has 0 amide bonds. The Labute approximate surface area is 123 Å². The highest BCUT2D eigenvalue weighted by atomic mass is 15.1. The quantitative estimate of drug-likeness (QED) is 0.320. The molecule has 0 atom stereocenters. The lowest BCUT2D eigenvalue weighted by Crippen LogP contribution is -1.83. The first kappa shape index (κ1) is 13.0. The lowest BCUT2D eigenvalue weighted by molar-refractivity contribution is 1.46. The van der Waals surface area contributed by atoms with E-state index in [1.165, 1.54) is 0 Å². The molecular formula is C18H13N3. The van der Waals surface area contributed by atoms with Crippen molar-refractivity contribution in [3.8, 4) is 22.3 Å². The van der Waals surface area contributed by atoms with Crippen LogP contribution in [0.1, 0.15) is 0 Å². The number of benzene rings is 3. The Bertz CT molecular complexity index is 731. The van der Waals surface area contributed by atoms with Crippen molar-refractivity contribution in [1.29, 1.82) is 0 Å². The van der Waals surface area contributed by atoms with Crippen molar-refractivity contribution in [2.45, 2.75) is 0 Å². The van der Waals surface area contributed by atoms with Gasteiger partial charge in [-0.15, -0.1) is 0 Å². The van der Waals surface area contributed by atoms with Crippen LogP contribution in [-0.4, -0.2) is 0 Å². The molecule has 0 heterocycles. The Morgan fingerprint density at radius 3 is 1.52 bits per heavy atom. The molecule has 0 spiro atoms. The predicted octanol–water partition coefficient (Wildman–Crippen LogP) is 5.96. The van der Waals surface area contributed by atoms with E-state index in [0.717, 1.165) is 22.3 Å². The molecule has 0 bridgehead atoms. The zero-order valence-corrected chi connectivity index (χ0v) is 11.3. The standard InChI is InChI=1S/C18H13N3/c19-21-20-18-16(14-8-3-1-4-9-14)12-7-13-17(18)15-10-5-2-6-11-15/h1-13H. The van der Waals surface area contributed by atoms with Crippen molar-refractivity contribution in [2.24, 2.45) is 5.11 Å². The van der Waals surface area contributed by atoms with Crippen LogP contribution in [0.3, 0.4) is 0 Å². The fourth-order valence-electron chi connectivity index (χ4n) is 2.40. The number of hydrogen-bond donors (Lipinski definition) is 0. The molecule has 0 unspecified atom stereocenters. The van der Waals surface area contributed by atoms with Crippen LogP contribution in [0.15, 0.2) is 84.0 Å². The molecule has 0 fully saturated rings. The smallest absolute Gasteiger partial charge is 0.0532 e. The fraction of sp³-hybridized carbons (Fsp3) is 0. The van der Waals surface area contributed by atoms with Crippen molar-refractivity contribution in [2.75, 3.05) is 0 Å². The first-order valence-electron chi connectivity index (χ1n) is 6.69. The summed E-state index contributed by atoms with van der Waals surface area (Å²) in [6, 6.07) is 25.8. The Balaban J connectivity index is 2.26. The van der Waals surface area contributed by atoms with Crippen LogP contribution in [-0.2, 0) is 0 Å². The molecule has 0 aromatic heterocycles. The predicted molar refractivity (Wildman–Crippen MR) is 86.1 cm³/mol. The van der Waals surface area contributed by atoms with Crippen molar-refractivity contribution in [1.82, 2.24) is 0 Å². The summed E-state index contributed by atoms with van der Waals surface area (Å²) >= 11 is 0. The molecule has 3 aromatic carbocycles. The maximum atomic E-state index is 8.92. The van der Waals surface area contributed by atoms with E-state index < -0.39 is 0 Å². The van der Waals surface area contributed by atoms with Gasteiger partial charge in [-0.2, -0.15) is 0 Å². The van der Waals surface area contributed by atoms with Crippen LogP contribution in [0, 0.1) is 0 Å². The van der Waals surface area contributed by atoms with Crippen LogP contribution < -0.4 is 0 Å². The van der Waals surface area contributed by atoms with E-state index in [1.807, 2.05) is 78.9 Å². The second-order valence-corrected chi connectivity index (χ2v) is 4.62. The summed E-state index contributed by atoms with van der Waals surface area (Å²) in [6.45, 7) is 0. The van der Waals surface area contributed by atoms with Gasteiger partial charge in [-0.3, -0.25) is 0 Å². The van der Waals surface area contributed by atoms with Gasteiger partial charge in [0.15, 0.2) is 0 Å². The number of azide groups is 1. The van der Waals surface area contributed by atoms with Gasteiger partial charge in [0.2, 0.25) is 0 Å². The third-order valence-corrected chi connectivity index (χ3v) is 3.35. The second kappa shape index (κ2) is 5.95. The summed E-state index contributed by atoms with van der Waals surface area (Å²) in [5.74, 6) is 0. The summed E-state index contributed by atoms with van der Waals surface area (Å²) in [6.07, 6.45) is 0. The molecule has 0 aliphatic rings. The minimum absolute atomic E-state index is 0.664. The highest BCUT2D eigenvalue weighted by molar-refractivity contribution is 5.88. The van der Waals surface area contributed by atoms with Gasteiger partial charge < -0.3 is 0 Å². The van der Waals surface area contributed by atoms with Gasteiger partial charge in [0.05, 0.1) is 5.69 Å². The van der Waals surface area contributed by atoms with Gasteiger partial charge in [0, 0.05) is 4.91 Å². The second-order valence-electron chi connectivity index (χ2n) is 4.62. The monoisotopic (exact) mass is 271 g/mol. The van der Waals surface area contributed by atoms with Gasteiger partial charge in [0.1, 0.15) is 0 Å². The van der Waals surface area contributed by atoms with Gasteiger partial charge >= 0.3 is 0 Å². The fourth-order valence-corrected chi connectivity index (χ4v) is 2.40. The van der Waals surface area contributed by atoms with Crippen LogP contribution in [0.25, 0.3) is 32.7 Å². The average Bonchev–Trinajstić information content (AvgIpc) is 2.57. The van der Waals surface area contributed by atoms with Crippen molar-refractivity contribution >= 4 is 5.69 Å². The van der Waals surface area contributed by atoms with E-state index >= 15 is 0 Å². The number of rotatable bonds is 3. The Morgan fingerprint density at radius 1 is 0.619 bits per heavy atom. The molecule has 0 aliphatic carbocycles. The minimum Gasteiger partial charge on any atom is -0.0622 e. The van der Waals surface area contributed by atoms with Crippen molar-refractivity contribution in [3.63, 3.8) is 0 Å². The van der Waals surface area contributed by atoms with Gasteiger partial charge in [-0.1, -0.05) is 84.0 Å². The molecule has 0 saturated heterocycles. The molecular weight excluding hydrogens is 258 g/mol. The summed E-state index contributed by atoms with van der Waals surface area (Å²) < 4.78 is 0. The summed E-state index contributed by atoms with van der Waals surface area (Å²) in [5.41, 5.74) is 13.5. The highest BCUT2D eigenvalue weighted by Gasteiger charge is 2.09. The molecule has 0 aliphatic heterocycles. The molecule has 3 heteroatoms. The third-order valence-electron chi connectivity index (χ3n) is 3.35. The first-order chi connectivity index (χ1) is 10.4. The highest BCUT2D eigenvalue weighted by Crippen LogP contribution is 2.39. The molecule has 3 rings (SSSR count). The average molecular weight is 271 g/mol. The maximum absolute atomic E-state index is 8.92. The van der Waals surface area contributed by atoms with Crippen LogP contribution in [0.2, 0.25) is 0 Å². The van der Waals surface area contributed by atoms with E-state index in [4.69, 9.17) is 5.53 Å². The van der Waals surface area contributed by atoms with Crippen LogP contribution >= 0.6 is 0 Å². The Kier molecular flexibility index (Phi) is 3.68. The SMILES string of the molecule is [N-]=[N+]=Nc1c(-c2ccccc2)cccc1-c1ccccc1. The van der Waals surface area contributed by atoms with Crippen molar-refractivity contribution in [3.05, 3.63) is 89.3 Å². The third kappa shape index (κ3) is 2.64. The van der Waals surface area contributed by atoms with E-state index in [9.17, 15) is 0 Å². The van der Waals surface area contributed by atoms with Gasteiger partial charge in [-0.05, 0) is 27.8 Å². The molecule has 0 N–H and O–H groups in total. The maximum Gasteiger partial charge on any atom is 0.0532 e. The zero-order valence-electron chi connectivity index (χ0n) is 11.3. The van der Waals surface area contributed by atoms with Gasteiger partial charge in [0.25, 0.3) is 0 Å². The van der Waals surface area contributed by atoms with E-state index in [1.54, 1.807) is 0 Å². The lowest BCUT2D eigenvalue weighted by Gasteiger charge is -2.11. The normalized spacial score (nSPS) is 9.90. The topological polar surface area (TPSA) is 48.8 Å². The van der Waals surface area contributed by atoms with E-state index in [2.05, 4.69) is 10.0 Å².